The van der Waals surface area contributed by atoms with E-state index < -0.39 is 5.41 Å². The van der Waals surface area contributed by atoms with Gasteiger partial charge in [0.25, 0.3) is 0 Å². The van der Waals surface area contributed by atoms with E-state index in [2.05, 4.69) is 263 Å². The molecule has 8 aromatic rings. The molecule has 2 unspecified atom stereocenters. The summed E-state index contributed by atoms with van der Waals surface area (Å²) in [6.45, 7) is 13.1. The fraction of sp³-hybridized carbons (Fsp3) is 0.141. The number of hydrogen-bond donors (Lipinski definition) is 0. The van der Waals surface area contributed by atoms with Crippen LogP contribution in [0.4, 0.5) is 0 Å². The van der Waals surface area contributed by atoms with Crippen LogP contribution in [0.1, 0.15) is 90.1 Å². The first-order valence-electron chi connectivity index (χ1n) is 25.8. The summed E-state index contributed by atoms with van der Waals surface area (Å²) >= 11 is 0. The van der Waals surface area contributed by atoms with Crippen LogP contribution in [-0.2, 0) is 11.8 Å². The van der Waals surface area contributed by atoms with Gasteiger partial charge in [-0.2, -0.15) is 0 Å². The lowest BCUT2D eigenvalue weighted by Crippen LogP contribution is -2.31. The van der Waals surface area contributed by atoms with E-state index >= 15 is 0 Å². The summed E-state index contributed by atoms with van der Waals surface area (Å²) in [5.74, 6) is 0.450. The Kier molecular flexibility index (Phi) is 14.2. The highest BCUT2D eigenvalue weighted by molar-refractivity contribution is 6.14. The Balaban J connectivity index is 0.00000295. The molecule has 2 atom stereocenters. The SMILES string of the molecule is C=C(N=C(/C=C(\C)c1ccccc1)C1=CC=C(c2ccc(-c3ccccc3)cc2)CC1)c1cccc(-c2cccc3c2-c2ccccc2C3(c2ccccc2C)c2ccccc2CC2C=CC=CC2)c1.CC. The number of fused-ring (bicyclic) bond motifs is 3. The van der Waals surface area contributed by atoms with Crippen LogP contribution in [0.15, 0.2) is 260 Å². The molecule has 0 N–H and O–H groups in total. The van der Waals surface area contributed by atoms with E-state index in [1.807, 2.05) is 13.8 Å². The molecule has 1 heteroatoms. The molecule has 0 saturated carbocycles. The van der Waals surface area contributed by atoms with E-state index in [0.717, 1.165) is 53.8 Å². The van der Waals surface area contributed by atoms with Crippen molar-refractivity contribution in [1.29, 1.82) is 0 Å². The molecule has 3 aliphatic rings. The second kappa shape index (κ2) is 21.5. The highest BCUT2D eigenvalue weighted by Gasteiger charge is 2.48. The third-order valence-corrected chi connectivity index (χ3v) is 14.8. The highest BCUT2D eigenvalue weighted by Crippen LogP contribution is 2.59. The average Bonchev–Trinajstić information content (AvgIpc) is 3.75. The van der Waals surface area contributed by atoms with Crippen LogP contribution in [0.3, 0.4) is 0 Å². The Hall–Kier alpha value is -8.13. The molecule has 72 heavy (non-hydrogen) atoms. The summed E-state index contributed by atoms with van der Waals surface area (Å²) in [5, 5.41) is 0. The third kappa shape index (κ3) is 9.32. The lowest BCUT2D eigenvalue weighted by atomic mass is 9.64. The lowest BCUT2D eigenvalue weighted by molar-refractivity contribution is 0.637. The first-order chi connectivity index (χ1) is 35.5. The molecule has 352 valence electrons. The van der Waals surface area contributed by atoms with Gasteiger partial charge in [-0.15, -0.1) is 0 Å². The molecule has 0 heterocycles. The fourth-order valence-electron chi connectivity index (χ4n) is 11.3. The standard InChI is InChI=1S/C69H57N.C2H6/c1-48-21-13-16-33-63(48)69(64-34-17-14-28-60(64)46-51-22-7-4-8-23-51)65-35-18-15-31-62(65)68-61(32-20-36-66(68)69)59-30-19-29-58(47-59)50(3)70-67(45-49(2)52-24-9-5-10-25-52)57-43-41-56(42-44-57)55-39-37-54(38-40-55)53-26-11-6-12-27-53;1-2/h4-22,24-41,43,45,47,51H,3,23,42,44,46H2,1-2H3;1-2H3/b49-45+,70-67?;. The quantitative estimate of drug-likeness (QED) is 0.108. The van der Waals surface area contributed by atoms with Crippen molar-refractivity contribution in [2.45, 2.75) is 58.8 Å². The Bertz CT molecular complexity index is 3440. The van der Waals surface area contributed by atoms with Gasteiger partial charge in [0, 0.05) is 5.56 Å². The van der Waals surface area contributed by atoms with Gasteiger partial charge in [-0.3, -0.25) is 0 Å². The number of hydrogen-bond acceptors (Lipinski definition) is 1. The summed E-state index contributed by atoms with van der Waals surface area (Å²) in [7, 11) is 0. The van der Waals surface area contributed by atoms with Crippen LogP contribution in [-0.4, -0.2) is 5.71 Å². The maximum Gasteiger partial charge on any atom is 0.0718 e. The Morgan fingerprint density at radius 3 is 1.92 bits per heavy atom. The molecule has 0 saturated heterocycles. The summed E-state index contributed by atoms with van der Waals surface area (Å²) in [6, 6.07) is 73.5. The zero-order chi connectivity index (χ0) is 49.4. The van der Waals surface area contributed by atoms with Crippen molar-refractivity contribution in [2.24, 2.45) is 10.9 Å². The van der Waals surface area contributed by atoms with Crippen molar-refractivity contribution >= 4 is 22.6 Å². The molecule has 0 aliphatic heterocycles. The Labute approximate surface area is 428 Å². The molecule has 0 spiro atoms. The van der Waals surface area contributed by atoms with E-state index in [9.17, 15) is 0 Å². The van der Waals surface area contributed by atoms with Crippen LogP contribution < -0.4 is 0 Å². The minimum atomic E-state index is -0.519. The van der Waals surface area contributed by atoms with Gasteiger partial charge in [0.05, 0.1) is 16.8 Å². The van der Waals surface area contributed by atoms with Gasteiger partial charge in [0.15, 0.2) is 0 Å². The van der Waals surface area contributed by atoms with Gasteiger partial charge in [-0.1, -0.05) is 251 Å². The van der Waals surface area contributed by atoms with Crippen molar-refractivity contribution in [1.82, 2.24) is 0 Å². The van der Waals surface area contributed by atoms with E-state index in [4.69, 9.17) is 4.99 Å². The topological polar surface area (TPSA) is 12.4 Å². The number of allylic oxidation sites excluding steroid dienone is 10. The number of aryl methyl sites for hydroxylation is 1. The first-order valence-corrected chi connectivity index (χ1v) is 25.8. The van der Waals surface area contributed by atoms with Crippen LogP contribution in [0.5, 0.6) is 0 Å². The summed E-state index contributed by atoms with van der Waals surface area (Å²) < 4.78 is 0. The van der Waals surface area contributed by atoms with Gasteiger partial charge in [-0.25, -0.2) is 4.99 Å². The molecule has 3 aliphatic carbocycles. The molecule has 11 rings (SSSR count). The summed E-state index contributed by atoms with van der Waals surface area (Å²) in [6.07, 6.45) is 19.7. The van der Waals surface area contributed by atoms with Crippen LogP contribution in [0, 0.1) is 12.8 Å². The number of rotatable bonds is 12. The average molecular weight is 930 g/mol. The molecule has 0 fully saturated rings. The zero-order valence-electron chi connectivity index (χ0n) is 42.2. The Morgan fingerprint density at radius 1 is 0.569 bits per heavy atom. The number of aliphatic imine (C=N–C) groups is 1. The van der Waals surface area contributed by atoms with Crippen molar-refractivity contribution in [3.8, 4) is 33.4 Å². The van der Waals surface area contributed by atoms with E-state index in [1.165, 1.54) is 83.5 Å². The van der Waals surface area contributed by atoms with Gasteiger partial charge < -0.3 is 0 Å². The number of benzene rings is 8. The predicted octanol–water partition coefficient (Wildman–Crippen LogP) is 18.7. The van der Waals surface area contributed by atoms with Crippen LogP contribution >= 0.6 is 0 Å². The van der Waals surface area contributed by atoms with Crippen LogP contribution in [0.2, 0.25) is 0 Å². The van der Waals surface area contributed by atoms with Crippen molar-refractivity contribution in [2.75, 3.05) is 0 Å². The maximum absolute atomic E-state index is 5.43. The minimum Gasteiger partial charge on any atom is -0.249 e. The normalized spacial score (nSPS) is 17.0. The van der Waals surface area contributed by atoms with Gasteiger partial charge in [0.2, 0.25) is 0 Å². The second-order valence-electron chi connectivity index (χ2n) is 19.1. The van der Waals surface area contributed by atoms with Crippen molar-refractivity contribution in [3.63, 3.8) is 0 Å². The van der Waals surface area contributed by atoms with Crippen molar-refractivity contribution in [3.05, 3.63) is 305 Å². The predicted molar refractivity (Wildman–Crippen MR) is 309 cm³/mol. The maximum atomic E-state index is 5.43. The fourth-order valence-corrected chi connectivity index (χ4v) is 11.3. The van der Waals surface area contributed by atoms with E-state index in [0.29, 0.717) is 5.92 Å². The molecular weight excluding hydrogens is 867 g/mol. The third-order valence-electron chi connectivity index (χ3n) is 14.8. The van der Waals surface area contributed by atoms with E-state index in [-0.39, 0.29) is 0 Å². The molecule has 8 aromatic carbocycles. The first kappa shape index (κ1) is 47.5. The number of nitrogens with zero attached hydrogens (tertiary/aromatic N) is 1. The smallest absolute Gasteiger partial charge is 0.0718 e. The molecule has 0 bridgehead atoms. The molecule has 0 aromatic heterocycles. The monoisotopic (exact) mass is 929 g/mol. The van der Waals surface area contributed by atoms with E-state index in [1.54, 1.807) is 0 Å². The largest absolute Gasteiger partial charge is 0.249 e. The van der Waals surface area contributed by atoms with Crippen molar-refractivity contribution < 1.29 is 0 Å². The van der Waals surface area contributed by atoms with Crippen LogP contribution in [0.25, 0.3) is 50.2 Å². The molecular formula is C71H63N. The molecule has 1 nitrogen and oxygen atoms in total. The van der Waals surface area contributed by atoms with Gasteiger partial charge in [-0.05, 0) is 152 Å². The highest BCUT2D eigenvalue weighted by atomic mass is 14.8. The zero-order valence-corrected chi connectivity index (χ0v) is 42.2. The Morgan fingerprint density at radius 2 is 1.18 bits per heavy atom. The molecule has 0 radical (unpaired) electrons. The summed E-state index contributed by atoms with van der Waals surface area (Å²) in [5.41, 5.74) is 23.7. The van der Waals surface area contributed by atoms with Gasteiger partial charge >= 0.3 is 0 Å². The van der Waals surface area contributed by atoms with Gasteiger partial charge in [0.1, 0.15) is 0 Å². The molecule has 0 amide bonds. The second-order valence-corrected chi connectivity index (χ2v) is 19.1. The summed E-state index contributed by atoms with van der Waals surface area (Å²) in [4.78, 5) is 5.43. The minimum absolute atomic E-state index is 0.450. The lowest BCUT2D eigenvalue weighted by Gasteiger charge is -2.37.